The molecule has 3 aliphatic heterocycles. The lowest BCUT2D eigenvalue weighted by Gasteiger charge is -2.42. The molecule has 4 N–H and O–H groups in total. The monoisotopic (exact) mass is 718 g/mol. The molecule has 14 heteroatoms. The summed E-state index contributed by atoms with van der Waals surface area (Å²) >= 11 is 6.75. The first kappa shape index (κ1) is 39.3. The van der Waals surface area contributed by atoms with Crippen molar-refractivity contribution in [3.05, 3.63) is 52.1 Å². The summed E-state index contributed by atoms with van der Waals surface area (Å²) in [6, 6.07) is 2.84. The molecule has 0 spiro atoms. The zero-order valence-corrected chi connectivity index (χ0v) is 30.9. The molecule has 3 amide bonds. The van der Waals surface area contributed by atoms with E-state index in [9.17, 15) is 24.3 Å². The average Bonchev–Trinajstić information content (AvgIpc) is 3.76. The van der Waals surface area contributed by atoms with Gasteiger partial charge in [-0.1, -0.05) is 48.4 Å². The SMILES string of the molecule is CO[C@@H]1/C=C/C=C(\C)Cc2cc(C)c(Cl)c(c2)N(C)C(=O)C[C@H](OC(=O)[C@H](C)N(C)C(=O)CCCN)[C@]2(C)O[C@H]2[C@H](C)[C@@H]2C[C@@]1(O)NC(=O)O2. The highest BCUT2D eigenvalue weighted by Crippen LogP contribution is 2.49. The van der Waals surface area contributed by atoms with Crippen LogP contribution in [-0.2, 0) is 39.8 Å². The summed E-state index contributed by atoms with van der Waals surface area (Å²) in [4.78, 5) is 55.8. The van der Waals surface area contributed by atoms with Crippen LogP contribution in [0.3, 0.4) is 0 Å². The molecule has 1 aromatic carbocycles. The Kier molecular flexibility index (Phi) is 12.4. The quantitative estimate of drug-likeness (QED) is 0.280. The van der Waals surface area contributed by atoms with Gasteiger partial charge in [-0.05, 0) is 64.3 Å². The minimum absolute atomic E-state index is 0.0378. The third kappa shape index (κ3) is 8.51. The number of nitrogens with one attached hydrogen (secondary N) is 1. The number of ether oxygens (including phenoxy) is 4. The van der Waals surface area contributed by atoms with Crippen molar-refractivity contribution in [2.24, 2.45) is 11.7 Å². The van der Waals surface area contributed by atoms with Crippen LogP contribution in [0, 0.1) is 12.8 Å². The van der Waals surface area contributed by atoms with Crippen molar-refractivity contribution < 1.29 is 43.2 Å². The number of methoxy groups -OCH3 is 1. The molecular weight excluding hydrogens is 668 g/mol. The number of alkyl carbamates (subject to hydrolysis) is 1. The minimum Gasteiger partial charge on any atom is -0.457 e. The van der Waals surface area contributed by atoms with Gasteiger partial charge in [0.15, 0.2) is 5.72 Å². The maximum Gasteiger partial charge on any atom is 0.409 e. The number of nitrogens with zero attached hydrogens (tertiary/aromatic N) is 2. The third-order valence-corrected chi connectivity index (χ3v) is 10.6. The lowest BCUT2D eigenvalue weighted by atomic mass is 9.83. The summed E-state index contributed by atoms with van der Waals surface area (Å²) in [6.45, 7) is 9.23. The van der Waals surface area contributed by atoms with Crippen molar-refractivity contribution >= 4 is 41.2 Å². The summed E-state index contributed by atoms with van der Waals surface area (Å²) in [6.07, 6.45) is 1.87. The standard InChI is InChI=1S/C36H51ClN4O9/c1-20-11-9-12-27(47-8)36(46)19-26(48-34(45)39-36)22(3)32-35(5,50-32)28(49-33(44)23(4)40(6)29(42)13-10-14-38)18-30(43)41(7)25-17-24(15-20)16-21(2)31(25)37/h9,11-12,16-17,22-23,26-28,32,46H,10,13-15,18-19,38H2,1-8H3,(H,39,45)/b12-9+,20-11+/t22-,23+,26+,27-,28+,32+,35+,36+/m1/s1. The molecule has 3 heterocycles. The van der Waals surface area contributed by atoms with Gasteiger partial charge in [-0.3, -0.25) is 14.9 Å². The Labute approximate surface area is 299 Å². The number of halogens is 1. The van der Waals surface area contributed by atoms with Gasteiger partial charge in [-0.2, -0.15) is 0 Å². The zero-order valence-electron chi connectivity index (χ0n) is 30.2. The minimum atomic E-state index is -1.81. The molecule has 3 aliphatic rings. The van der Waals surface area contributed by atoms with Crippen LogP contribution in [0.2, 0.25) is 5.02 Å². The number of fused-ring (bicyclic) bond motifs is 5. The molecule has 276 valence electrons. The Morgan fingerprint density at radius 2 is 1.98 bits per heavy atom. The number of nitrogens with two attached hydrogens (primary N) is 1. The lowest BCUT2D eigenvalue weighted by Crippen LogP contribution is -2.63. The van der Waals surface area contributed by atoms with Gasteiger partial charge in [-0.25, -0.2) is 9.59 Å². The Morgan fingerprint density at radius 3 is 2.64 bits per heavy atom. The Morgan fingerprint density at radius 1 is 1.28 bits per heavy atom. The van der Waals surface area contributed by atoms with Crippen LogP contribution in [0.5, 0.6) is 0 Å². The third-order valence-electron chi connectivity index (χ3n) is 10.1. The zero-order chi connectivity index (χ0) is 37.1. The Balaban J connectivity index is 1.74. The number of carbonyl (C=O) groups is 4. The summed E-state index contributed by atoms with van der Waals surface area (Å²) in [5.41, 5.74) is 5.73. The number of aryl methyl sites for hydroxylation is 1. The van der Waals surface area contributed by atoms with Crippen LogP contribution in [0.15, 0.2) is 35.9 Å². The number of allylic oxidation sites excluding steroid dienone is 3. The van der Waals surface area contributed by atoms with Gasteiger partial charge < -0.3 is 39.6 Å². The molecule has 8 atom stereocenters. The van der Waals surface area contributed by atoms with E-state index in [1.165, 1.54) is 24.0 Å². The van der Waals surface area contributed by atoms with E-state index >= 15 is 0 Å². The second-order valence-electron chi connectivity index (χ2n) is 13.9. The summed E-state index contributed by atoms with van der Waals surface area (Å²) < 4.78 is 23.5. The number of carbonyl (C=O) groups excluding carboxylic acids is 4. The van der Waals surface area contributed by atoms with E-state index < -0.39 is 59.8 Å². The smallest absolute Gasteiger partial charge is 0.409 e. The molecular formula is C36H51ClN4O9. The highest BCUT2D eigenvalue weighted by molar-refractivity contribution is 6.34. The maximum atomic E-state index is 14.0. The number of rotatable bonds is 7. The largest absolute Gasteiger partial charge is 0.457 e. The highest BCUT2D eigenvalue weighted by atomic mass is 35.5. The van der Waals surface area contributed by atoms with Gasteiger partial charge in [0, 0.05) is 40.0 Å². The van der Waals surface area contributed by atoms with E-state index in [0.29, 0.717) is 30.1 Å². The Bertz CT molecular complexity index is 1530. The van der Waals surface area contributed by atoms with Crippen molar-refractivity contribution in [1.29, 1.82) is 0 Å². The molecule has 13 nitrogen and oxygen atoms in total. The van der Waals surface area contributed by atoms with Gasteiger partial charge in [0.1, 0.15) is 30.0 Å². The van der Waals surface area contributed by atoms with Crippen molar-refractivity contribution in [1.82, 2.24) is 10.2 Å². The fraction of sp³-hybridized carbons (Fsp3) is 0.611. The van der Waals surface area contributed by atoms with E-state index in [1.807, 2.05) is 32.1 Å². The molecule has 0 saturated carbocycles. The van der Waals surface area contributed by atoms with Gasteiger partial charge in [0.05, 0.1) is 23.2 Å². The van der Waals surface area contributed by atoms with Crippen molar-refractivity contribution in [2.75, 3.05) is 32.6 Å². The molecule has 0 radical (unpaired) electrons. The molecule has 2 saturated heterocycles. The van der Waals surface area contributed by atoms with Crippen molar-refractivity contribution in [2.45, 2.75) is 109 Å². The first-order valence-corrected chi connectivity index (χ1v) is 17.3. The number of aliphatic hydroxyl groups is 1. The molecule has 2 fully saturated rings. The van der Waals surface area contributed by atoms with Crippen LogP contribution in [0.4, 0.5) is 10.5 Å². The fourth-order valence-corrected chi connectivity index (χ4v) is 6.92. The molecule has 50 heavy (non-hydrogen) atoms. The molecule has 0 aromatic heterocycles. The predicted octanol–water partition coefficient (Wildman–Crippen LogP) is 3.55. The maximum absolute atomic E-state index is 14.0. The van der Waals surface area contributed by atoms with E-state index in [2.05, 4.69) is 5.32 Å². The number of hydrogen-bond acceptors (Lipinski definition) is 10. The predicted molar refractivity (Wildman–Crippen MR) is 187 cm³/mol. The van der Waals surface area contributed by atoms with E-state index in [0.717, 1.165) is 16.7 Å². The molecule has 0 aliphatic carbocycles. The second-order valence-corrected chi connectivity index (χ2v) is 14.3. The average molecular weight is 719 g/mol. The van der Waals surface area contributed by atoms with Gasteiger partial charge in [-0.15, -0.1) is 0 Å². The number of anilines is 1. The van der Waals surface area contributed by atoms with Crippen molar-refractivity contribution in [3.8, 4) is 0 Å². The number of benzene rings is 1. The summed E-state index contributed by atoms with van der Waals surface area (Å²) in [5, 5.41) is 14.6. The first-order chi connectivity index (χ1) is 23.4. The molecule has 4 bridgehead atoms. The van der Waals surface area contributed by atoms with Gasteiger partial charge in [0.2, 0.25) is 11.8 Å². The number of epoxide rings is 1. The van der Waals surface area contributed by atoms with E-state index in [-0.39, 0.29) is 31.1 Å². The first-order valence-electron chi connectivity index (χ1n) is 16.9. The number of amides is 3. The summed E-state index contributed by atoms with van der Waals surface area (Å²) in [5.74, 6) is -1.88. The van der Waals surface area contributed by atoms with Crippen molar-refractivity contribution in [3.63, 3.8) is 0 Å². The summed E-state index contributed by atoms with van der Waals surface area (Å²) in [7, 11) is 4.57. The molecule has 4 rings (SSSR count). The van der Waals surface area contributed by atoms with Gasteiger partial charge in [0.25, 0.3) is 0 Å². The number of esters is 1. The normalized spacial score (nSPS) is 32.4. The molecule has 0 unspecified atom stereocenters. The van der Waals surface area contributed by atoms with Crippen LogP contribution >= 0.6 is 11.6 Å². The van der Waals surface area contributed by atoms with Crippen LogP contribution in [0.1, 0.15) is 64.5 Å². The fourth-order valence-electron chi connectivity index (χ4n) is 6.68. The number of likely N-dealkylation sites (N-methyl/N-ethyl adjacent to an activating group) is 1. The molecule has 1 aromatic rings. The lowest BCUT2D eigenvalue weighted by molar-refractivity contribution is -0.162. The Hall–Kier alpha value is -3.49. The van der Waals surface area contributed by atoms with Crippen LogP contribution < -0.4 is 16.0 Å². The van der Waals surface area contributed by atoms with Gasteiger partial charge >= 0.3 is 12.1 Å². The van der Waals surface area contributed by atoms with E-state index in [4.69, 9.17) is 36.3 Å². The second kappa shape index (κ2) is 15.8. The highest BCUT2D eigenvalue weighted by Gasteiger charge is 2.64. The van der Waals surface area contributed by atoms with Crippen LogP contribution in [-0.4, -0.2) is 103 Å². The number of hydrogen-bond donors (Lipinski definition) is 3. The van der Waals surface area contributed by atoms with Crippen LogP contribution in [0.25, 0.3) is 0 Å². The van der Waals surface area contributed by atoms with E-state index in [1.54, 1.807) is 40.0 Å². The topological polar surface area (TPSA) is 173 Å².